The highest BCUT2D eigenvalue weighted by molar-refractivity contribution is 5.77. The van der Waals surface area contributed by atoms with Gasteiger partial charge in [0.1, 0.15) is 5.60 Å². The second kappa shape index (κ2) is 4.89. The van der Waals surface area contributed by atoms with E-state index in [1.807, 2.05) is 20.8 Å². The largest absolute Gasteiger partial charge is 0.481 e. The number of hydrogen-bond donors (Lipinski definition) is 1. The number of rotatable bonds is 3. The number of amides is 1. The van der Waals surface area contributed by atoms with Crippen LogP contribution in [0.15, 0.2) is 0 Å². The standard InChI is InChI=1S/C16H27NO4/c1-11(2)6-16(12(18)19)7-15(8-16)9-17(10-15)13(20)21-14(3,4)5/h11H,6-10H2,1-5H3,(H,18,19). The Kier molecular flexibility index (Phi) is 3.75. The molecule has 0 aromatic rings. The summed E-state index contributed by atoms with van der Waals surface area (Å²) in [5, 5.41) is 9.51. The van der Waals surface area contributed by atoms with Gasteiger partial charge in [0.05, 0.1) is 5.41 Å². The van der Waals surface area contributed by atoms with E-state index in [1.54, 1.807) is 4.90 Å². The van der Waals surface area contributed by atoms with Gasteiger partial charge < -0.3 is 14.7 Å². The highest BCUT2D eigenvalue weighted by atomic mass is 16.6. The lowest BCUT2D eigenvalue weighted by Gasteiger charge is -2.62. The molecule has 0 unspecified atom stereocenters. The van der Waals surface area contributed by atoms with Gasteiger partial charge >= 0.3 is 12.1 Å². The third-order valence-electron chi connectivity index (χ3n) is 4.38. The van der Waals surface area contributed by atoms with E-state index >= 15 is 0 Å². The summed E-state index contributed by atoms with van der Waals surface area (Å²) in [6.07, 6.45) is 1.81. The summed E-state index contributed by atoms with van der Waals surface area (Å²) in [7, 11) is 0. The molecule has 1 amide bonds. The van der Waals surface area contributed by atoms with Crippen LogP contribution in [0.25, 0.3) is 0 Å². The number of aliphatic carboxylic acids is 1. The highest BCUT2D eigenvalue weighted by Gasteiger charge is 2.64. The zero-order valence-electron chi connectivity index (χ0n) is 13.7. The van der Waals surface area contributed by atoms with Crippen molar-refractivity contribution in [2.45, 2.75) is 59.5 Å². The maximum absolute atomic E-state index is 11.9. The molecule has 0 bridgehead atoms. The lowest BCUT2D eigenvalue weighted by molar-refractivity contribution is -0.185. The van der Waals surface area contributed by atoms with Crippen LogP contribution in [-0.2, 0) is 9.53 Å². The molecule has 21 heavy (non-hydrogen) atoms. The minimum atomic E-state index is -0.683. The van der Waals surface area contributed by atoms with E-state index in [0.717, 1.165) is 6.42 Å². The Bertz CT molecular complexity index is 436. The van der Waals surface area contributed by atoms with E-state index < -0.39 is 17.0 Å². The van der Waals surface area contributed by atoms with Crippen molar-refractivity contribution in [2.75, 3.05) is 13.1 Å². The van der Waals surface area contributed by atoms with Gasteiger partial charge in [0, 0.05) is 18.5 Å². The average Bonchev–Trinajstić information content (AvgIpc) is 2.15. The Morgan fingerprint density at radius 2 is 1.76 bits per heavy atom. The molecule has 120 valence electrons. The summed E-state index contributed by atoms with van der Waals surface area (Å²) >= 11 is 0. The molecule has 1 N–H and O–H groups in total. The molecule has 1 saturated heterocycles. The summed E-state index contributed by atoms with van der Waals surface area (Å²) < 4.78 is 5.34. The van der Waals surface area contributed by atoms with Crippen molar-refractivity contribution in [3.05, 3.63) is 0 Å². The smallest absolute Gasteiger partial charge is 0.410 e. The molecule has 5 nitrogen and oxygen atoms in total. The first kappa shape index (κ1) is 16.1. The van der Waals surface area contributed by atoms with Crippen LogP contribution in [-0.4, -0.2) is 40.8 Å². The van der Waals surface area contributed by atoms with Gasteiger partial charge in [0.25, 0.3) is 0 Å². The lowest BCUT2D eigenvalue weighted by atomic mass is 9.48. The van der Waals surface area contributed by atoms with Crippen LogP contribution in [0.2, 0.25) is 0 Å². The molecule has 0 radical (unpaired) electrons. The maximum Gasteiger partial charge on any atom is 0.410 e. The van der Waals surface area contributed by atoms with Gasteiger partial charge in [0.15, 0.2) is 0 Å². The van der Waals surface area contributed by atoms with E-state index in [9.17, 15) is 14.7 Å². The number of carboxylic acids is 1. The number of ether oxygens (including phenoxy) is 1. The van der Waals surface area contributed by atoms with Crippen LogP contribution >= 0.6 is 0 Å². The van der Waals surface area contributed by atoms with Gasteiger partial charge in [-0.2, -0.15) is 0 Å². The van der Waals surface area contributed by atoms with Crippen LogP contribution in [0.3, 0.4) is 0 Å². The molecule has 1 aliphatic heterocycles. The molecule has 1 spiro atoms. The zero-order valence-corrected chi connectivity index (χ0v) is 13.7. The summed E-state index contributed by atoms with van der Waals surface area (Å²) in [5.41, 5.74) is -1.04. The first-order valence-corrected chi connectivity index (χ1v) is 7.68. The number of carbonyl (C=O) groups is 2. The van der Waals surface area contributed by atoms with Gasteiger partial charge in [0.2, 0.25) is 0 Å². The maximum atomic E-state index is 11.9. The molecule has 0 aromatic carbocycles. The van der Waals surface area contributed by atoms with Crippen LogP contribution in [0.4, 0.5) is 4.79 Å². The molecular weight excluding hydrogens is 270 g/mol. The third-order valence-corrected chi connectivity index (χ3v) is 4.38. The monoisotopic (exact) mass is 297 g/mol. The van der Waals surface area contributed by atoms with Gasteiger partial charge in [-0.15, -0.1) is 0 Å². The van der Waals surface area contributed by atoms with Crippen LogP contribution in [0, 0.1) is 16.7 Å². The molecule has 1 saturated carbocycles. The first-order chi connectivity index (χ1) is 9.47. The van der Waals surface area contributed by atoms with Gasteiger partial charge in [-0.05, 0) is 46.0 Å². The van der Waals surface area contributed by atoms with Crippen molar-refractivity contribution in [3.8, 4) is 0 Å². The van der Waals surface area contributed by atoms with Gasteiger partial charge in [-0.25, -0.2) is 4.79 Å². The van der Waals surface area contributed by atoms with E-state index in [-0.39, 0.29) is 11.5 Å². The topological polar surface area (TPSA) is 66.8 Å². The van der Waals surface area contributed by atoms with Crippen molar-refractivity contribution in [1.29, 1.82) is 0 Å². The fourth-order valence-electron chi connectivity index (χ4n) is 3.99. The molecule has 0 aromatic heterocycles. The minimum absolute atomic E-state index is 0.0180. The SMILES string of the molecule is CC(C)CC1(C(=O)O)CC2(CN(C(=O)OC(C)(C)C)C2)C1. The van der Waals surface area contributed by atoms with Crippen molar-refractivity contribution in [2.24, 2.45) is 16.7 Å². The van der Waals surface area contributed by atoms with Crippen LogP contribution < -0.4 is 0 Å². The Morgan fingerprint density at radius 1 is 1.24 bits per heavy atom. The molecular formula is C16H27NO4. The zero-order chi connectivity index (χ0) is 16.1. The first-order valence-electron chi connectivity index (χ1n) is 7.68. The minimum Gasteiger partial charge on any atom is -0.481 e. The Morgan fingerprint density at radius 3 is 2.14 bits per heavy atom. The number of carbonyl (C=O) groups excluding carboxylic acids is 1. The fraction of sp³-hybridized carbons (Fsp3) is 0.875. The average molecular weight is 297 g/mol. The molecule has 1 heterocycles. The van der Waals surface area contributed by atoms with Crippen molar-refractivity contribution < 1.29 is 19.4 Å². The second-order valence-corrected chi connectivity index (χ2v) is 8.37. The van der Waals surface area contributed by atoms with E-state index in [0.29, 0.717) is 31.8 Å². The quantitative estimate of drug-likeness (QED) is 0.869. The number of likely N-dealkylation sites (tertiary alicyclic amines) is 1. The number of hydrogen-bond acceptors (Lipinski definition) is 3. The molecule has 5 heteroatoms. The molecule has 0 atom stereocenters. The van der Waals surface area contributed by atoms with Crippen molar-refractivity contribution in [1.82, 2.24) is 4.90 Å². The van der Waals surface area contributed by atoms with Crippen molar-refractivity contribution >= 4 is 12.1 Å². The summed E-state index contributed by atoms with van der Waals surface area (Å²) in [5.74, 6) is -0.307. The number of carboxylic acid groups (broad SMARTS) is 1. The third kappa shape index (κ3) is 3.16. The predicted molar refractivity (Wildman–Crippen MR) is 79.0 cm³/mol. The highest BCUT2D eigenvalue weighted by Crippen LogP contribution is 2.61. The van der Waals surface area contributed by atoms with Gasteiger partial charge in [-0.3, -0.25) is 4.79 Å². The fourth-order valence-corrected chi connectivity index (χ4v) is 3.99. The van der Waals surface area contributed by atoms with E-state index in [4.69, 9.17) is 4.74 Å². The summed E-state index contributed by atoms with van der Waals surface area (Å²) in [4.78, 5) is 25.2. The predicted octanol–water partition coefficient (Wildman–Crippen LogP) is 3.13. The Hall–Kier alpha value is -1.26. The van der Waals surface area contributed by atoms with Crippen LogP contribution in [0.5, 0.6) is 0 Å². The van der Waals surface area contributed by atoms with Crippen LogP contribution in [0.1, 0.15) is 53.9 Å². The molecule has 2 fully saturated rings. The second-order valence-electron chi connectivity index (χ2n) is 8.37. The normalized spacial score (nSPS) is 22.7. The van der Waals surface area contributed by atoms with E-state index in [1.165, 1.54) is 0 Å². The molecule has 1 aliphatic carbocycles. The van der Waals surface area contributed by atoms with Crippen molar-refractivity contribution in [3.63, 3.8) is 0 Å². The van der Waals surface area contributed by atoms with E-state index in [2.05, 4.69) is 13.8 Å². The summed E-state index contributed by atoms with van der Waals surface area (Å²) in [6.45, 7) is 10.9. The molecule has 2 aliphatic rings. The van der Waals surface area contributed by atoms with Gasteiger partial charge in [-0.1, -0.05) is 13.8 Å². The Labute approximate surface area is 126 Å². The Balaban J connectivity index is 1.88. The molecule has 2 rings (SSSR count). The lowest BCUT2D eigenvalue weighted by Crippen LogP contribution is -2.68. The number of nitrogens with zero attached hydrogens (tertiary/aromatic N) is 1. The summed E-state index contributed by atoms with van der Waals surface area (Å²) in [6, 6.07) is 0.